The molecular weight excluding hydrogens is 260 g/mol. The van der Waals surface area contributed by atoms with Crippen molar-refractivity contribution in [2.24, 2.45) is 0 Å². The Hall–Kier alpha value is -1.82. The number of amides is 1. The van der Waals surface area contributed by atoms with Gasteiger partial charge in [0.05, 0.1) is 0 Å². The second kappa shape index (κ2) is 5.66. The maximum Gasteiger partial charge on any atom is 0.329 e. The summed E-state index contributed by atoms with van der Waals surface area (Å²) in [4.78, 5) is 23.9. The van der Waals surface area contributed by atoms with Gasteiger partial charge in [0.1, 0.15) is 11.2 Å². The Morgan fingerprint density at radius 1 is 1.40 bits per heavy atom. The molecule has 0 spiro atoms. The van der Waals surface area contributed by atoms with Crippen LogP contribution in [0.5, 0.6) is 0 Å². The van der Waals surface area contributed by atoms with E-state index in [-0.39, 0.29) is 24.8 Å². The number of rotatable bonds is 4. The lowest BCUT2D eigenvalue weighted by Crippen LogP contribution is -2.57. The van der Waals surface area contributed by atoms with Crippen molar-refractivity contribution in [3.8, 4) is 0 Å². The Labute approximate surface area is 117 Å². The lowest BCUT2D eigenvalue weighted by molar-refractivity contribution is -0.148. The summed E-state index contributed by atoms with van der Waals surface area (Å²) < 4.78 is 7.01. The van der Waals surface area contributed by atoms with Crippen molar-refractivity contribution in [1.29, 1.82) is 0 Å². The highest BCUT2D eigenvalue weighted by Crippen LogP contribution is 2.22. The largest absolute Gasteiger partial charge is 0.480 e. The molecule has 6 heteroatoms. The van der Waals surface area contributed by atoms with E-state index >= 15 is 0 Å². The van der Waals surface area contributed by atoms with Crippen molar-refractivity contribution in [2.45, 2.75) is 38.3 Å². The van der Waals surface area contributed by atoms with Gasteiger partial charge in [-0.05, 0) is 26.0 Å². The van der Waals surface area contributed by atoms with Gasteiger partial charge in [0.25, 0.3) is 5.91 Å². The number of nitrogens with one attached hydrogen (secondary N) is 1. The molecule has 1 aromatic rings. The first-order valence-corrected chi connectivity index (χ1v) is 6.77. The Morgan fingerprint density at radius 2 is 2.05 bits per heavy atom. The maximum atomic E-state index is 12.4. The fourth-order valence-electron chi connectivity index (χ4n) is 2.43. The van der Waals surface area contributed by atoms with Crippen molar-refractivity contribution < 1.29 is 19.4 Å². The van der Waals surface area contributed by atoms with Gasteiger partial charge < -0.3 is 19.7 Å². The van der Waals surface area contributed by atoms with Crippen LogP contribution in [0.1, 0.15) is 43.2 Å². The molecule has 0 atom stereocenters. The van der Waals surface area contributed by atoms with Gasteiger partial charge in [0.15, 0.2) is 0 Å². The van der Waals surface area contributed by atoms with Crippen molar-refractivity contribution in [3.05, 3.63) is 24.0 Å². The number of nitrogens with zero attached hydrogens (tertiary/aromatic N) is 1. The van der Waals surface area contributed by atoms with Gasteiger partial charge in [0, 0.05) is 38.3 Å². The van der Waals surface area contributed by atoms with Crippen molar-refractivity contribution >= 4 is 11.9 Å². The van der Waals surface area contributed by atoms with E-state index in [2.05, 4.69) is 5.32 Å². The van der Waals surface area contributed by atoms with Gasteiger partial charge >= 0.3 is 5.97 Å². The highest BCUT2D eigenvalue weighted by Gasteiger charge is 2.42. The average Bonchev–Trinajstić information content (AvgIpc) is 2.89. The number of carboxylic acids is 1. The number of carboxylic acid groups (broad SMARTS) is 1. The number of hydrogen-bond donors (Lipinski definition) is 2. The van der Waals surface area contributed by atoms with Crippen LogP contribution >= 0.6 is 0 Å². The summed E-state index contributed by atoms with van der Waals surface area (Å²) in [5.74, 6) is -1.36. The molecule has 2 N–H and O–H groups in total. The topological polar surface area (TPSA) is 80.6 Å². The minimum atomic E-state index is -1.22. The fourth-order valence-corrected chi connectivity index (χ4v) is 2.43. The Kier molecular flexibility index (Phi) is 4.13. The number of carbonyl (C=O) groups excluding carboxylic acids is 1. The number of ether oxygens (including phenoxy) is 1. The zero-order chi connectivity index (χ0) is 14.8. The van der Waals surface area contributed by atoms with Gasteiger partial charge in [-0.3, -0.25) is 4.79 Å². The van der Waals surface area contributed by atoms with Crippen molar-refractivity contribution in [2.75, 3.05) is 13.2 Å². The molecule has 0 aliphatic carbocycles. The predicted molar refractivity (Wildman–Crippen MR) is 72.7 cm³/mol. The van der Waals surface area contributed by atoms with Gasteiger partial charge in [0.2, 0.25) is 0 Å². The van der Waals surface area contributed by atoms with E-state index in [1.54, 1.807) is 12.1 Å². The van der Waals surface area contributed by atoms with E-state index in [1.165, 1.54) is 0 Å². The second-order valence-electron chi connectivity index (χ2n) is 5.35. The third-order valence-electron chi connectivity index (χ3n) is 3.68. The van der Waals surface area contributed by atoms with Gasteiger partial charge in [-0.25, -0.2) is 4.79 Å². The minimum absolute atomic E-state index is 0.140. The minimum Gasteiger partial charge on any atom is -0.480 e. The monoisotopic (exact) mass is 280 g/mol. The van der Waals surface area contributed by atoms with Crippen LogP contribution in [-0.4, -0.2) is 40.3 Å². The number of aromatic nitrogens is 1. The summed E-state index contributed by atoms with van der Waals surface area (Å²) in [6.07, 6.45) is 2.39. The summed E-state index contributed by atoms with van der Waals surface area (Å²) >= 11 is 0. The van der Waals surface area contributed by atoms with Crippen LogP contribution < -0.4 is 5.32 Å². The fraction of sp³-hybridized carbons (Fsp3) is 0.571. The second-order valence-corrected chi connectivity index (χ2v) is 5.35. The Morgan fingerprint density at radius 3 is 2.60 bits per heavy atom. The van der Waals surface area contributed by atoms with E-state index in [0.29, 0.717) is 18.9 Å². The third-order valence-corrected chi connectivity index (χ3v) is 3.68. The molecule has 1 amide bonds. The smallest absolute Gasteiger partial charge is 0.329 e. The SMILES string of the molecule is CC(C)n1cccc1C(=O)NC1(C(=O)O)CCOCC1. The molecule has 0 unspecified atom stereocenters. The zero-order valence-electron chi connectivity index (χ0n) is 11.8. The highest BCUT2D eigenvalue weighted by atomic mass is 16.5. The molecule has 6 nitrogen and oxygen atoms in total. The molecule has 1 aromatic heterocycles. The standard InChI is InChI=1S/C14H20N2O4/c1-10(2)16-7-3-4-11(16)12(17)15-14(13(18)19)5-8-20-9-6-14/h3-4,7,10H,5-6,8-9H2,1-2H3,(H,15,17)(H,18,19). The molecule has 0 saturated carbocycles. The van der Waals surface area contributed by atoms with Crippen molar-refractivity contribution in [1.82, 2.24) is 9.88 Å². The van der Waals surface area contributed by atoms with Crippen LogP contribution in [0.3, 0.4) is 0 Å². The molecule has 0 radical (unpaired) electrons. The molecule has 2 heterocycles. The predicted octanol–water partition coefficient (Wildman–Crippen LogP) is 1.43. The molecule has 110 valence electrons. The molecule has 1 aliphatic heterocycles. The molecule has 1 aliphatic rings. The molecule has 0 aromatic carbocycles. The van der Waals surface area contributed by atoms with Crippen LogP contribution in [0.15, 0.2) is 18.3 Å². The summed E-state index contributed by atoms with van der Waals surface area (Å²) in [6.45, 7) is 4.63. The van der Waals surface area contributed by atoms with Crippen LogP contribution in [-0.2, 0) is 9.53 Å². The Balaban J connectivity index is 2.20. The molecule has 1 saturated heterocycles. The Bertz CT molecular complexity index is 501. The van der Waals surface area contributed by atoms with Crippen LogP contribution in [0.2, 0.25) is 0 Å². The first-order valence-electron chi connectivity index (χ1n) is 6.77. The molecule has 20 heavy (non-hydrogen) atoms. The normalized spacial score (nSPS) is 17.9. The van der Waals surface area contributed by atoms with Gasteiger partial charge in [-0.2, -0.15) is 0 Å². The first kappa shape index (κ1) is 14.6. The lowest BCUT2D eigenvalue weighted by Gasteiger charge is -2.34. The van der Waals surface area contributed by atoms with Crippen LogP contribution in [0.25, 0.3) is 0 Å². The van der Waals surface area contributed by atoms with E-state index in [1.807, 2.05) is 24.6 Å². The molecule has 1 fully saturated rings. The van der Waals surface area contributed by atoms with E-state index in [0.717, 1.165) is 0 Å². The van der Waals surface area contributed by atoms with E-state index < -0.39 is 11.5 Å². The number of carbonyl (C=O) groups is 2. The number of aliphatic carboxylic acids is 1. The number of hydrogen-bond acceptors (Lipinski definition) is 3. The summed E-state index contributed by atoms with van der Waals surface area (Å²) in [5, 5.41) is 12.1. The van der Waals surface area contributed by atoms with E-state index in [9.17, 15) is 14.7 Å². The zero-order valence-corrected chi connectivity index (χ0v) is 11.8. The quantitative estimate of drug-likeness (QED) is 0.874. The molecule has 2 rings (SSSR count). The summed E-state index contributed by atoms with van der Waals surface area (Å²) in [7, 11) is 0. The van der Waals surface area contributed by atoms with E-state index in [4.69, 9.17) is 4.74 Å². The average molecular weight is 280 g/mol. The van der Waals surface area contributed by atoms with Crippen molar-refractivity contribution in [3.63, 3.8) is 0 Å². The van der Waals surface area contributed by atoms with Crippen LogP contribution in [0, 0.1) is 0 Å². The van der Waals surface area contributed by atoms with Crippen LogP contribution in [0.4, 0.5) is 0 Å². The van der Waals surface area contributed by atoms with Gasteiger partial charge in [-0.15, -0.1) is 0 Å². The first-order chi connectivity index (χ1) is 9.46. The summed E-state index contributed by atoms with van der Waals surface area (Å²) in [6, 6.07) is 3.62. The van der Waals surface area contributed by atoms with Gasteiger partial charge in [-0.1, -0.05) is 0 Å². The third kappa shape index (κ3) is 2.70. The lowest BCUT2D eigenvalue weighted by atomic mass is 9.90. The highest BCUT2D eigenvalue weighted by molar-refractivity contribution is 5.96. The molecule has 0 bridgehead atoms. The maximum absolute atomic E-state index is 12.4. The summed E-state index contributed by atoms with van der Waals surface area (Å²) in [5.41, 5.74) is -0.742. The molecular formula is C14H20N2O4.